The molecule has 11 aromatic rings. The molecule has 4 aliphatic rings. The molecular formula is C118H142N8O4. The zero-order valence-corrected chi connectivity index (χ0v) is 78.5. The van der Waals surface area contributed by atoms with E-state index in [1.165, 1.54) is 231 Å². The summed E-state index contributed by atoms with van der Waals surface area (Å²) in [4.78, 5) is 38.1. The van der Waals surface area contributed by atoms with Gasteiger partial charge in [-0.3, -0.25) is 0 Å². The number of unbranched alkanes of at least 4 members (excludes halogenated alkanes) is 36. The van der Waals surface area contributed by atoms with Crippen molar-refractivity contribution in [3.8, 4) is 89.8 Å². The highest BCUT2D eigenvalue weighted by Crippen LogP contribution is 2.42. The molecule has 0 aliphatic carbocycles. The second kappa shape index (κ2) is 50.1. The van der Waals surface area contributed by atoms with Gasteiger partial charge in [-0.15, -0.1) is 0 Å². The van der Waals surface area contributed by atoms with Crippen LogP contribution in [0.15, 0.2) is 182 Å². The third-order valence-corrected chi connectivity index (χ3v) is 26.3. The summed E-state index contributed by atoms with van der Waals surface area (Å²) in [5.41, 5.74) is 26.2. The molecule has 0 radical (unpaired) electrons. The van der Waals surface area contributed by atoms with E-state index in [4.69, 9.17) is 38.9 Å². The lowest BCUT2D eigenvalue weighted by Gasteiger charge is -2.10. The average molecular weight is 1740 g/mol. The molecule has 5 aromatic carbocycles. The minimum atomic E-state index is 0.699. The van der Waals surface area contributed by atoms with Crippen LogP contribution in [0.5, 0.6) is 23.0 Å². The molecular weight excluding hydrogens is 1590 g/mol. The minimum absolute atomic E-state index is 0.699. The topological polar surface area (TPSA) is 152 Å². The van der Waals surface area contributed by atoms with Crippen molar-refractivity contribution in [3.05, 3.63) is 228 Å². The van der Waals surface area contributed by atoms with Crippen molar-refractivity contribution in [1.82, 2.24) is 39.9 Å². The van der Waals surface area contributed by atoms with Gasteiger partial charge in [0.2, 0.25) is 0 Å². The fourth-order valence-electron chi connectivity index (χ4n) is 18.9. The maximum atomic E-state index is 6.45. The first-order valence-corrected chi connectivity index (χ1v) is 50.6. The number of hydrogen-bond donors (Lipinski definition) is 4. The number of fused-ring (bicyclic) bond motifs is 16. The van der Waals surface area contributed by atoms with Crippen molar-refractivity contribution in [1.29, 1.82) is 0 Å². The summed E-state index contributed by atoms with van der Waals surface area (Å²) in [7, 11) is 0. The number of ether oxygens (including phenoxy) is 4. The van der Waals surface area contributed by atoms with Crippen LogP contribution in [0, 0.1) is 0 Å². The fraction of sp³-hybridized carbons (Fsp3) is 0.407. The maximum absolute atomic E-state index is 6.45. The fourth-order valence-corrected chi connectivity index (χ4v) is 18.9. The Morgan fingerprint density at radius 2 is 0.369 bits per heavy atom. The summed E-state index contributed by atoms with van der Waals surface area (Å²) in [5, 5.41) is 0. The number of nitrogens with zero attached hydrogens (tertiary/aromatic N) is 4. The lowest BCUT2D eigenvalue weighted by Crippen LogP contribution is -1.97. The third kappa shape index (κ3) is 26.4. The molecule has 0 unspecified atom stereocenters. The first kappa shape index (κ1) is 93.2. The predicted octanol–water partition coefficient (Wildman–Crippen LogP) is 34.8. The van der Waals surface area contributed by atoms with E-state index < -0.39 is 0 Å². The molecule has 0 spiro atoms. The highest BCUT2D eigenvalue weighted by Gasteiger charge is 2.23. The normalized spacial score (nSPS) is 12.2. The Balaban J connectivity index is 0.805. The quantitative estimate of drug-likeness (QED) is 0.0275. The second-order valence-electron chi connectivity index (χ2n) is 36.5. The van der Waals surface area contributed by atoms with Crippen LogP contribution in [-0.4, -0.2) is 66.3 Å². The van der Waals surface area contributed by atoms with Crippen LogP contribution in [0.25, 0.3) is 160 Å². The monoisotopic (exact) mass is 1740 g/mol. The van der Waals surface area contributed by atoms with Crippen LogP contribution in [0.4, 0.5) is 0 Å². The number of aromatic amines is 4. The molecule has 12 heteroatoms. The van der Waals surface area contributed by atoms with Crippen molar-refractivity contribution in [2.75, 3.05) is 26.4 Å². The first-order valence-electron chi connectivity index (χ1n) is 50.6. The van der Waals surface area contributed by atoms with Crippen LogP contribution >= 0.6 is 0 Å². The van der Waals surface area contributed by atoms with Gasteiger partial charge in [0.25, 0.3) is 0 Å². The molecule has 6 aromatic heterocycles. The van der Waals surface area contributed by atoms with Gasteiger partial charge in [-0.1, -0.05) is 332 Å². The molecule has 0 atom stereocenters. The number of aromatic nitrogens is 8. The van der Waals surface area contributed by atoms with Crippen LogP contribution < -0.4 is 18.9 Å². The van der Waals surface area contributed by atoms with Gasteiger partial charge in [0.05, 0.1) is 72.0 Å². The number of benzene rings is 5. The third-order valence-electron chi connectivity index (χ3n) is 26.3. The Labute approximate surface area is 774 Å². The van der Waals surface area contributed by atoms with E-state index in [1.54, 1.807) is 0 Å². The van der Waals surface area contributed by atoms with Gasteiger partial charge >= 0.3 is 0 Å². The maximum Gasteiger partial charge on any atom is 0.119 e. The standard InChI is InChI=1S/C118H142N8O4/c1-5-9-13-17-21-25-29-33-37-41-81-127-97-61-49-89(50-62-97)113-101-69-57-93(119-101)85-94-58-70-102(120-94)114(90-51-63-98(64-52-90)128-82-42-38-34-30-26-22-18-14-10-6-2)106-74-78-110(124-106)117(109-77-73-105(113)123-109)87-45-47-88(48-46-87)118-111-79-75-107(125-111)115(91-53-65-99(66-54-91)129-83-43-39-35-31-27-23-19-15-11-7-3)103-71-59-95(121-103)86-96-60-72-104(122-96)116(108-76-80-112(118)126-108)92-55-67-100(68-56-92)130-84-44-40-36-32-28-24-20-16-12-8-4/h45-80,85-86,119,121,124,126H,5-44,81-84H2,1-4H3. The Morgan fingerprint density at radius 1 is 0.185 bits per heavy atom. The lowest BCUT2D eigenvalue weighted by atomic mass is 9.98. The van der Waals surface area contributed by atoms with E-state index in [0.29, 0.717) is 26.4 Å². The van der Waals surface area contributed by atoms with Crippen molar-refractivity contribution in [2.24, 2.45) is 0 Å². The van der Waals surface area contributed by atoms with E-state index >= 15 is 0 Å². The molecule has 10 heterocycles. The van der Waals surface area contributed by atoms with Crippen molar-refractivity contribution < 1.29 is 18.9 Å². The molecule has 678 valence electrons. The summed E-state index contributed by atoms with van der Waals surface area (Å²) in [6.45, 7) is 11.9. The summed E-state index contributed by atoms with van der Waals surface area (Å²) in [6.07, 6.45) is 68.7. The Kier molecular flexibility index (Phi) is 35.9. The number of nitrogens with one attached hydrogen (secondary N) is 4. The molecule has 4 N–H and O–H groups in total. The van der Waals surface area contributed by atoms with Gasteiger partial charge in [-0.25, -0.2) is 19.9 Å². The molecule has 0 saturated heterocycles. The molecule has 15 rings (SSSR count). The number of H-pyrrole nitrogens is 4. The van der Waals surface area contributed by atoms with Gasteiger partial charge in [0, 0.05) is 77.5 Å². The minimum Gasteiger partial charge on any atom is -0.494 e. The van der Waals surface area contributed by atoms with Gasteiger partial charge in [-0.2, -0.15) is 0 Å². The Morgan fingerprint density at radius 3 is 0.600 bits per heavy atom. The van der Waals surface area contributed by atoms with E-state index in [2.05, 4.69) is 278 Å². The zero-order chi connectivity index (χ0) is 88.9. The van der Waals surface area contributed by atoms with E-state index in [1.807, 2.05) is 0 Å². The molecule has 0 saturated carbocycles. The van der Waals surface area contributed by atoms with Gasteiger partial charge in [0.1, 0.15) is 23.0 Å². The molecule has 4 aliphatic heterocycles. The van der Waals surface area contributed by atoms with Gasteiger partial charge in [-0.05, 0) is 217 Å². The van der Waals surface area contributed by atoms with Crippen LogP contribution in [-0.2, 0) is 0 Å². The van der Waals surface area contributed by atoms with Crippen LogP contribution in [0.3, 0.4) is 0 Å². The Hall–Kier alpha value is -11.5. The summed E-state index contributed by atoms with van der Waals surface area (Å²) >= 11 is 0. The summed E-state index contributed by atoms with van der Waals surface area (Å²) < 4.78 is 25.8. The molecule has 16 bridgehead atoms. The lowest BCUT2D eigenvalue weighted by molar-refractivity contribution is 0.304. The van der Waals surface area contributed by atoms with Crippen LogP contribution in [0.2, 0.25) is 0 Å². The zero-order valence-electron chi connectivity index (χ0n) is 78.5. The molecule has 130 heavy (non-hydrogen) atoms. The van der Waals surface area contributed by atoms with E-state index in [9.17, 15) is 0 Å². The Bertz CT molecular complexity index is 5380. The van der Waals surface area contributed by atoms with Crippen LogP contribution in [0.1, 0.15) is 330 Å². The summed E-state index contributed by atoms with van der Waals surface area (Å²) in [5.74, 6) is 3.47. The summed E-state index contributed by atoms with van der Waals surface area (Å²) in [6, 6.07) is 65.2. The van der Waals surface area contributed by atoms with Gasteiger partial charge < -0.3 is 38.9 Å². The average Bonchev–Trinajstić information content (AvgIpc) is 1.61. The highest BCUT2D eigenvalue weighted by molar-refractivity contribution is 6.01. The number of hydrogen-bond acceptors (Lipinski definition) is 8. The van der Waals surface area contributed by atoms with Gasteiger partial charge in [0.15, 0.2) is 0 Å². The van der Waals surface area contributed by atoms with E-state index in [0.717, 1.165) is 205 Å². The highest BCUT2D eigenvalue weighted by atomic mass is 16.5. The molecule has 0 amide bonds. The molecule has 12 nitrogen and oxygen atoms in total. The van der Waals surface area contributed by atoms with Crippen molar-refractivity contribution in [3.63, 3.8) is 0 Å². The first-order chi connectivity index (χ1) is 64.3. The van der Waals surface area contributed by atoms with E-state index in [-0.39, 0.29) is 0 Å². The predicted molar refractivity (Wildman–Crippen MR) is 553 cm³/mol. The number of rotatable bonds is 54. The van der Waals surface area contributed by atoms with Crippen molar-refractivity contribution in [2.45, 2.75) is 285 Å². The smallest absolute Gasteiger partial charge is 0.119 e. The largest absolute Gasteiger partial charge is 0.494 e. The molecule has 0 fully saturated rings. The van der Waals surface area contributed by atoms with Crippen molar-refractivity contribution >= 4 is 92.7 Å². The second-order valence-corrected chi connectivity index (χ2v) is 36.5. The SMILES string of the molecule is CCCCCCCCCCCCOc1ccc(-c2c3nc(c(-c4ccc(-c5c6nc(c(-c7ccc(OCCCCCCCCCCCC)cc7)c7ccc(cc8nc(c(-c9ccc(OCCCCCCCCCCCC)cc9)c9ccc5[nH]9)C=C8)[nH]7)C=C6)cc4)c4ccc([nH]4)c(-c4ccc(OCCCCCCCCCCCC)cc4)c4nc(cc5ccc2[nH]5)C=C4)C=C3)cc1.